The minimum atomic E-state index is 0.320. The number of anilines is 2. The third-order valence-corrected chi connectivity index (χ3v) is 5.76. The van der Waals surface area contributed by atoms with Gasteiger partial charge in [0.05, 0.1) is 12.5 Å². The van der Waals surface area contributed by atoms with Gasteiger partial charge in [-0.05, 0) is 36.5 Å². The van der Waals surface area contributed by atoms with E-state index in [-0.39, 0.29) is 0 Å². The number of nitrogens with zero attached hydrogens (tertiary/aromatic N) is 6. The molecule has 166 valence electrons. The lowest BCUT2D eigenvalue weighted by molar-refractivity contribution is 0.0903. The fraction of sp³-hybridized carbons (Fsp3) is 0.391. The van der Waals surface area contributed by atoms with Crippen molar-refractivity contribution >= 4 is 17.5 Å². The van der Waals surface area contributed by atoms with Crippen molar-refractivity contribution in [3.63, 3.8) is 0 Å². The number of benzene rings is 1. The van der Waals surface area contributed by atoms with Crippen molar-refractivity contribution < 1.29 is 4.74 Å². The molecule has 1 aliphatic heterocycles. The molecule has 9 nitrogen and oxygen atoms in total. The fourth-order valence-electron chi connectivity index (χ4n) is 3.88. The molecule has 0 saturated carbocycles. The monoisotopic (exact) mass is 432 g/mol. The molecular weight excluding hydrogens is 404 g/mol. The third kappa shape index (κ3) is 4.29. The Balaban J connectivity index is 1.39. The summed E-state index contributed by atoms with van der Waals surface area (Å²) in [5.41, 5.74) is 4.17. The van der Waals surface area contributed by atoms with Crippen LogP contribution in [0.15, 0.2) is 49.2 Å². The summed E-state index contributed by atoms with van der Waals surface area (Å²) in [5.74, 6) is 1.63. The Morgan fingerprint density at radius 3 is 2.66 bits per heavy atom. The van der Waals surface area contributed by atoms with Crippen LogP contribution in [0.3, 0.4) is 0 Å². The fourth-order valence-corrected chi connectivity index (χ4v) is 3.88. The van der Waals surface area contributed by atoms with Crippen LogP contribution in [0.5, 0.6) is 0 Å². The molecule has 32 heavy (non-hydrogen) atoms. The van der Waals surface area contributed by atoms with Gasteiger partial charge in [0.1, 0.15) is 0 Å². The normalized spacial score (nSPS) is 14.8. The first kappa shape index (κ1) is 20.4. The van der Waals surface area contributed by atoms with Crippen LogP contribution < -0.4 is 10.6 Å². The van der Waals surface area contributed by atoms with E-state index >= 15 is 0 Å². The second kappa shape index (κ2) is 8.96. The van der Waals surface area contributed by atoms with Crippen LogP contribution in [-0.4, -0.2) is 48.4 Å². The highest BCUT2D eigenvalue weighted by atomic mass is 16.5. The second-order valence-electron chi connectivity index (χ2n) is 8.38. The van der Waals surface area contributed by atoms with Crippen molar-refractivity contribution in [2.75, 3.05) is 23.8 Å². The summed E-state index contributed by atoms with van der Waals surface area (Å²) in [6.07, 6.45) is 9.30. The molecule has 0 aliphatic carbocycles. The SMILES string of the molecule is CC(C)c1cnn2c(NCc3ccc(-n4ccnc4)cc3)nc(NC3CCOCC3)nc12. The van der Waals surface area contributed by atoms with E-state index in [2.05, 4.69) is 58.8 Å². The van der Waals surface area contributed by atoms with E-state index in [0.29, 0.717) is 30.4 Å². The van der Waals surface area contributed by atoms with Crippen molar-refractivity contribution in [2.45, 2.75) is 45.2 Å². The Morgan fingerprint density at radius 2 is 1.94 bits per heavy atom. The smallest absolute Gasteiger partial charge is 0.229 e. The average Bonchev–Trinajstić information content (AvgIpc) is 3.49. The highest BCUT2D eigenvalue weighted by Crippen LogP contribution is 2.23. The van der Waals surface area contributed by atoms with Crippen molar-refractivity contribution in [1.29, 1.82) is 0 Å². The van der Waals surface area contributed by atoms with Crippen LogP contribution in [0.2, 0.25) is 0 Å². The van der Waals surface area contributed by atoms with Gasteiger partial charge in [-0.15, -0.1) is 0 Å². The number of hydrogen-bond acceptors (Lipinski definition) is 7. The van der Waals surface area contributed by atoms with Crippen molar-refractivity contribution in [1.82, 2.24) is 29.1 Å². The minimum Gasteiger partial charge on any atom is -0.381 e. The van der Waals surface area contributed by atoms with E-state index in [1.807, 2.05) is 17.0 Å². The number of imidazole rings is 1. The van der Waals surface area contributed by atoms with E-state index in [9.17, 15) is 0 Å². The molecule has 0 unspecified atom stereocenters. The maximum Gasteiger partial charge on any atom is 0.229 e. The quantitative estimate of drug-likeness (QED) is 0.460. The number of nitrogens with one attached hydrogen (secondary N) is 2. The largest absolute Gasteiger partial charge is 0.381 e. The van der Waals surface area contributed by atoms with E-state index in [1.165, 1.54) is 0 Å². The molecule has 1 aliphatic rings. The lowest BCUT2D eigenvalue weighted by Gasteiger charge is -2.23. The summed E-state index contributed by atoms with van der Waals surface area (Å²) in [4.78, 5) is 13.7. The molecule has 0 radical (unpaired) electrons. The lowest BCUT2D eigenvalue weighted by atomic mass is 10.1. The first-order chi connectivity index (χ1) is 15.7. The standard InChI is InChI=1S/C23H28N8O/c1-16(2)20-14-26-31-21(20)28-22(27-18-7-11-32-12-8-18)29-23(31)25-13-17-3-5-19(6-4-17)30-10-9-24-15-30/h3-6,9-10,14-16,18H,7-8,11-13H2,1-2H3,(H2,25,27,28,29). The first-order valence-electron chi connectivity index (χ1n) is 11.1. The molecule has 0 amide bonds. The summed E-state index contributed by atoms with van der Waals surface area (Å²) >= 11 is 0. The van der Waals surface area contributed by atoms with Gasteiger partial charge in [-0.25, -0.2) is 4.98 Å². The summed E-state index contributed by atoms with van der Waals surface area (Å²) in [5, 5.41) is 11.5. The Labute approximate surface area is 186 Å². The predicted octanol–water partition coefficient (Wildman–Crippen LogP) is 3.64. The maximum atomic E-state index is 5.48. The van der Waals surface area contributed by atoms with Gasteiger partial charge in [0.25, 0.3) is 0 Å². The molecule has 1 fully saturated rings. The Kier molecular flexibility index (Phi) is 5.72. The highest BCUT2D eigenvalue weighted by Gasteiger charge is 2.18. The van der Waals surface area contributed by atoms with Crippen LogP contribution in [0.25, 0.3) is 11.3 Å². The molecule has 0 bridgehead atoms. The topological polar surface area (TPSA) is 94.2 Å². The van der Waals surface area contributed by atoms with Crippen LogP contribution in [0.1, 0.15) is 43.7 Å². The van der Waals surface area contributed by atoms with E-state index in [0.717, 1.165) is 48.5 Å². The minimum absolute atomic E-state index is 0.320. The number of fused-ring (bicyclic) bond motifs is 1. The Morgan fingerprint density at radius 1 is 1.12 bits per heavy atom. The van der Waals surface area contributed by atoms with E-state index < -0.39 is 0 Å². The van der Waals surface area contributed by atoms with Crippen LogP contribution >= 0.6 is 0 Å². The van der Waals surface area contributed by atoms with Crippen molar-refractivity contribution in [2.24, 2.45) is 0 Å². The van der Waals surface area contributed by atoms with E-state index in [4.69, 9.17) is 14.7 Å². The molecule has 0 spiro atoms. The number of ether oxygens (including phenoxy) is 1. The van der Waals surface area contributed by atoms with Crippen molar-refractivity contribution in [3.05, 3.63) is 60.3 Å². The number of hydrogen-bond donors (Lipinski definition) is 2. The summed E-state index contributed by atoms with van der Waals surface area (Å²) in [6, 6.07) is 8.68. The molecule has 2 N–H and O–H groups in total. The van der Waals surface area contributed by atoms with Gasteiger partial charge < -0.3 is 19.9 Å². The molecule has 4 aromatic rings. The average molecular weight is 433 g/mol. The number of aromatic nitrogens is 6. The zero-order valence-electron chi connectivity index (χ0n) is 18.4. The maximum absolute atomic E-state index is 5.48. The second-order valence-corrected chi connectivity index (χ2v) is 8.38. The molecule has 4 heterocycles. The molecule has 3 aromatic heterocycles. The van der Waals surface area contributed by atoms with Gasteiger partial charge in [0.15, 0.2) is 5.65 Å². The van der Waals surface area contributed by atoms with Gasteiger partial charge in [-0.2, -0.15) is 19.6 Å². The summed E-state index contributed by atoms with van der Waals surface area (Å²) in [6.45, 7) is 6.47. The van der Waals surface area contributed by atoms with Crippen LogP contribution in [0.4, 0.5) is 11.9 Å². The van der Waals surface area contributed by atoms with Gasteiger partial charge in [-0.1, -0.05) is 26.0 Å². The molecule has 9 heteroatoms. The molecule has 0 atom stereocenters. The van der Waals surface area contributed by atoms with Gasteiger partial charge >= 0.3 is 0 Å². The van der Waals surface area contributed by atoms with Crippen LogP contribution in [0, 0.1) is 0 Å². The van der Waals surface area contributed by atoms with Gasteiger partial charge in [-0.3, -0.25) is 0 Å². The van der Waals surface area contributed by atoms with Gasteiger partial charge in [0, 0.05) is 49.4 Å². The zero-order chi connectivity index (χ0) is 21.9. The molecule has 1 saturated heterocycles. The summed E-state index contributed by atoms with van der Waals surface area (Å²) < 4.78 is 9.26. The third-order valence-electron chi connectivity index (χ3n) is 5.76. The number of rotatable bonds is 7. The lowest BCUT2D eigenvalue weighted by Crippen LogP contribution is -2.29. The van der Waals surface area contributed by atoms with E-state index in [1.54, 1.807) is 17.0 Å². The Hall–Kier alpha value is -3.46. The summed E-state index contributed by atoms with van der Waals surface area (Å²) in [7, 11) is 0. The zero-order valence-corrected chi connectivity index (χ0v) is 18.4. The van der Waals surface area contributed by atoms with Gasteiger partial charge in [0.2, 0.25) is 11.9 Å². The van der Waals surface area contributed by atoms with Crippen molar-refractivity contribution in [3.8, 4) is 5.69 Å². The molecular formula is C23H28N8O. The molecule has 1 aromatic carbocycles. The first-order valence-corrected chi connectivity index (χ1v) is 11.1. The van der Waals surface area contributed by atoms with Crippen LogP contribution in [-0.2, 0) is 11.3 Å². The predicted molar refractivity (Wildman–Crippen MR) is 123 cm³/mol. The molecule has 5 rings (SSSR count). The Bertz CT molecular complexity index is 1160. The highest BCUT2D eigenvalue weighted by molar-refractivity contribution is 5.56.